The summed E-state index contributed by atoms with van der Waals surface area (Å²) in [5, 5.41) is 20.2. The van der Waals surface area contributed by atoms with Gasteiger partial charge in [0, 0.05) is 15.3 Å². The van der Waals surface area contributed by atoms with E-state index in [2.05, 4.69) is 18.2 Å². The van der Waals surface area contributed by atoms with Gasteiger partial charge >= 0.3 is 0 Å². The van der Waals surface area contributed by atoms with Crippen molar-refractivity contribution in [3.8, 4) is 12.1 Å². The van der Waals surface area contributed by atoms with E-state index in [1.165, 1.54) is 26.2 Å². The normalized spacial score (nSPS) is 12.6. The van der Waals surface area contributed by atoms with E-state index >= 15 is 0 Å². The number of thioether (sulfide) groups is 1. The lowest BCUT2D eigenvalue weighted by atomic mass is 10.2. The minimum absolute atomic E-state index is 0.201. The van der Waals surface area contributed by atoms with Gasteiger partial charge in [0.25, 0.3) is 0 Å². The van der Waals surface area contributed by atoms with Gasteiger partial charge in [0.05, 0.1) is 4.53 Å². The van der Waals surface area contributed by atoms with Crippen molar-refractivity contribution in [3.05, 3.63) is 28.0 Å². The molecule has 2 heterocycles. The second-order valence-electron chi connectivity index (χ2n) is 3.63. The maximum absolute atomic E-state index is 8.88. The Kier molecular flexibility index (Phi) is 2.40. The molecule has 0 N–H and O–H groups in total. The highest BCUT2D eigenvalue weighted by Crippen LogP contribution is 2.30. The quantitative estimate of drug-likeness (QED) is 0.722. The number of hydrogen-bond acceptors (Lipinski definition) is 4. The monoisotopic (exact) mass is 254 g/mol. The van der Waals surface area contributed by atoms with Crippen molar-refractivity contribution in [1.29, 1.82) is 10.5 Å². The molecule has 4 heteroatoms. The fraction of sp³-hybridized carbons (Fsp3) is 0.0769. The predicted molar refractivity (Wildman–Crippen MR) is 70.9 cm³/mol. The smallest absolute Gasteiger partial charge is 0.146 e. The standard InChI is InChI=1S/C13H6N2S2/c14-6-10(7-15)11-5-9-2-1-8-3-4-16-12(8)13(9)17-11/h1-3,5H,4H2. The van der Waals surface area contributed by atoms with Crippen LogP contribution in [0.1, 0.15) is 0 Å². The number of thiophene rings is 1. The number of hydrogen-bond donors (Lipinski definition) is 0. The Morgan fingerprint density at radius 2 is 2.06 bits per heavy atom. The average Bonchev–Trinajstić information content (AvgIpc) is 2.95. The van der Waals surface area contributed by atoms with Gasteiger partial charge in [-0.15, -0.1) is 23.1 Å². The molecule has 0 atom stereocenters. The third-order valence-electron chi connectivity index (χ3n) is 2.67. The van der Waals surface area contributed by atoms with E-state index in [0.717, 1.165) is 15.7 Å². The molecule has 0 amide bonds. The summed E-state index contributed by atoms with van der Waals surface area (Å²) in [6.07, 6.45) is 2.21. The minimum atomic E-state index is 0.201. The van der Waals surface area contributed by atoms with Crippen LogP contribution in [-0.4, -0.2) is 5.75 Å². The molecule has 0 radical (unpaired) electrons. The summed E-state index contributed by atoms with van der Waals surface area (Å²) in [5.41, 5.74) is 0.201. The summed E-state index contributed by atoms with van der Waals surface area (Å²) >= 11 is 3.35. The maximum Gasteiger partial charge on any atom is 0.146 e. The number of nitrogens with zero attached hydrogens (tertiary/aromatic N) is 2. The zero-order valence-electron chi connectivity index (χ0n) is 8.73. The van der Waals surface area contributed by atoms with Crippen molar-refractivity contribution in [3.63, 3.8) is 0 Å². The van der Waals surface area contributed by atoms with E-state index in [-0.39, 0.29) is 5.57 Å². The van der Waals surface area contributed by atoms with Crippen LogP contribution >= 0.6 is 23.1 Å². The van der Waals surface area contributed by atoms with Crippen molar-refractivity contribution in [1.82, 2.24) is 0 Å². The Morgan fingerprint density at radius 3 is 2.82 bits per heavy atom. The van der Waals surface area contributed by atoms with E-state index in [4.69, 9.17) is 10.5 Å². The summed E-state index contributed by atoms with van der Waals surface area (Å²) in [6.45, 7) is 0. The molecule has 2 nitrogen and oxygen atoms in total. The lowest BCUT2D eigenvalue weighted by molar-refractivity contribution is 1.50. The third-order valence-corrected chi connectivity index (χ3v) is 5.05. The molecule has 17 heavy (non-hydrogen) atoms. The highest BCUT2D eigenvalue weighted by atomic mass is 32.2. The predicted octanol–water partition coefficient (Wildman–Crippen LogP) is 1.99. The van der Waals surface area contributed by atoms with Crippen molar-refractivity contribution < 1.29 is 0 Å². The van der Waals surface area contributed by atoms with E-state index in [1.54, 1.807) is 0 Å². The fourth-order valence-corrected chi connectivity index (χ4v) is 4.23. The first kappa shape index (κ1) is 10.4. The highest BCUT2D eigenvalue weighted by Gasteiger charge is 2.10. The van der Waals surface area contributed by atoms with Crippen molar-refractivity contribution in [2.45, 2.75) is 4.90 Å². The molecule has 1 aliphatic heterocycles. The van der Waals surface area contributed by atoms with Crippen LogP contribution in [0, 0.1) is 22.7 Å². The van der Waals surface area contributed by atoms with Gasteiger partial charge in [-0.05, 0) is 16.7 Å². The number of fused-ring (bicyclic) bond motifs is 3. The molecular formula is C13H6N2S2. The van der Waals surface area contributed by atoms with Gasteiger partial charge < -0.3 is 0 Å². The van der Waals surface area contributed by atoms with Crippen LogP contribution in [0.2, 0.25) is 0 Å². The maximum atomic E-state index is 8.88. The number of rotatable bonds is 0. The van der Waals surface area contributed by atoms with Gasteiger partial charge in [-0.1, -0.05) is 18.2 Å². The van der Waals surface area contributed by atoms with Crippen LogP contribution in [0.4, 0.5) is 0 Å². The zero-order valence-corrected chi connectivity index (χ0v) is 10.4. The van der Waals surface area contributed by atoms with Gasteiger partial charge in [-0.2, -0.15) is 10.5 Å². The topological polar surface area (TPSA) is 47.6 Å². The van der Waals surface area contributed by atoms with Crippen molar-refractivity contribution >= 4 is 44.8 Å². The Morgan fingerprint density at radius 1 is 1.24 bits per heavy atom. The summed E-state index contributed by atoms with van der Waals surface area (Å²) in [6, 6.07) is 9.99. The van der Waals surface area contributed by atoms with Crippen LogP contribution in [-0.2, 0) is 0 Å². The first-order valence-corrected chi connectivity index (χ1v) is 6.84. The van der Waals surface area contributed by atoms with Crippen LogP contribution in [0.25, 0.3) is 21.7 Å². The van der Waals surface area contributed by atoms with Crippen molar-refractivity contribution in [2.75, 3.05) is 5.75 Å². The van der Waals surface area contributed by atoms with E-state index in [0.29, 0.717) is 0 Å². The van der Waals surface area contributed by atoms with E-state index in [1.807, 2.05) is 30.0 Å². The van der Waals surface area contributed by atoms with Crippen LogP contribution in [0.5, 0.6) is 0 Å². The largest absolute Gasteiger partial charge is 0.192 e. The first-order valence-electron chi connectivity index (χ1n) is 5.03. The number of nitriles is 2. The van der Waals surface area contributed by atoms with Crippen LogP contribution in [0.15, 0.2) is 23.1 Å². The Labute approximate surface area is 106 Å². The van der Waals surface area contributed by atoms with Gasteiger partial charge in [0.15, 0.2) is 0 Å². The summed E-state index contributed by atoms with van der Waals surface area (Å²) in [5.74, 6) is 1.01. The molecular weight excluding hydrogens is 248 g/mol. The molecule has 0 aliphatic carbocycles. The lowest BCUT2D eigenvalue weighted by Gasteiger charge is -1.95. The Bertz CT molecular complexity index is 800. The summed E-state index contributed by atoms with van der Waals surface area (Å²) in [7, 11) is 0. The molecule has 0 saturated heterocycles. The summed E-state index contributed by atoms with van der Waals surface area (Å²) in [4.78, 5) is 1.29. The van der Waals surface area contributed by atoms with Gasteiger partial charge in [-0.3, -0.25) is 0 Å². The molecule has 1 aromatic carbocycles. The second-order valence-corrected chi connectivity index (χ2v) is 5.71. The fourth-order valence-electron chi connectivity index (χ4n) is 1.88. The molecule has 3 rings (SSSR count). The Balaban J connectivity index is 2.45. The molecule has 0 spiro atoms. The zero-order chi connectivity index (χ0) is 11.8. The highest BCUT2D eigenvalue weighted by molar-refractivity contribution is 8.00. The molecule has 80 valence electrons. The first-order chi connectivity index (χ1) is 8.33. The van der Waals surface area contributed by atoms with Crippen LogP contribution < -0.4 is 9.75 Å². The average molecular weight is 254 g/mol. The van der Waals surface area contributed by atoms with Gasteiger partial charge in [0.2, 0.25) is 0 Å². The molecule has 1 aromatic heterocycles. The molecule has 0 bridgehead atoms. The Hall–Kier alpha value is -1.75. The van der Waals surface area contributed by atoms with E-state index < -0.39 is 0 Å². The molecule has 0 fully saturated rings. The molecule has 2 aromatic rings. The van der Waals surface area contributed by atoms with E-state index in [9.17, 15) is 0 Å². The number of benzene rings is 1. The minimum Gasteiger partial charge on any atom is -0.192 e. The van der Waals surface area contributed by atoms with Gasteiger partial charge in [-0.25, -0.2) is 0 Å². The third kappa shape index (κ3) is 1.54. The van der Waals surface area contributed by atoms with Gasteiger partial charge in [0.1, 0.15) is 17.7 Å². The second kappa shape index (κ2) is 3.92. The molecule has 1 aliphatic rings. The SMILES string of the molecule is N#CC(C#N)=c1cc2ccc3c(c2s1)SCC=3. The lowest BCUT2D eigenvalue weighted by Crippen LogP contribution is -1.97. The van der Waals surface area contributed by atoms with Crippen LogP contribution in [0.3, 0.4) is 0 Å². The summed E-state index contributed by atoms with van der Waals surface area (Å²) < 4.78 is 1.96. The molecule has 0 unspecified atom stereocenters. The molecule has 0 saturated carbocycles. The van der Waals surface area contributed by atoms with Crippen molar-refractivity contribution in [2.24, 2.45) is 0 Å².